The number of carbonyl (C=O) groups is 2. The summed E-state index contributed by atoms with van der Waals surface area (Å²) in [6.07, 6.45) is -4.00. The number of rotatable bonds is 4. The van der Waals surface area contributed by atoms with Gasteiger partial charge in [-0.15, -0.1) is 11.6 Å². The largest absolute Gasteiger partial charge is 0.416 e. The summed E-state index contributed by atoms with van der Waals surface area (Å²) in [5, 5.41) is -1.39. The number of nitrogens with zero attached hydrogens (tertiary/aromatic N) is 1. The van der Waals surface area contributed by atoms with Gasteiger partial charge in [0.05, 0.1) is 5.56 Å². The van der Waals surface area contributed by atoms with Gasteiger partial charge in [0.2, 0.25) is 0 Å². The molecule has 1 aromatic rings. The second-order valence-corrected chi connectivity index (χ2v) is 5.85. The molecule has 2 rings (SSSR count). The van der Waals surface area contributed by atoms with E-state index < -0.39 is 28.1 Å². The van der Waals surface area contributed by atoms with Crippen LogP contribution in [-0.2, 0) is 15.8 Å². The zero-order chi connectivity index (χ0) is 15.6. The molecule has 3 nitrogen and oxygen atoms in total. The van der Waals surface area contributed by atoms with Crippen LogP contribution < -0.4 is 0 Å². The van der Waals surface area contributed by atoms with E-state index in [1.54, 1.807) is 0 Å². The maximum absolute atomic E-state index is 12.7. The minimum atomic E-state index is -4.46. The summed E-state index contributed by atoms with van der Waals surface area (Å²) in [5.41, 5.74) is -0.520. The van der Waals surface area contributed by atoms with Crippen LogP contribution in [-0.4, -0.2) is 28.3 Å². The Kier molecular flexibility index (Phi) is 4.83. The van der Waals surface area contributed by atoms with Gasteiger partial charge >= 0.3 is 12.1 Å². The molecule has 0 N–H and O–H groups in total. The molecular formula is C13H11ClF3NO2S. The van der Waals surface area contributed by atoms with Gasteiger partial charge in [-0.25, -0.2) is 0 Å². The van der Waals surface area contributed by atoms with Crippen LogP contribution >= 0.6 is 23.4 Å². The molecule has 1 saturated heterocycles. The lowest BCUT2D eigenvalue weighted by atomic mass is 10.1. The van der Waals surface area contributed by atoms with Gasteiger partial charge in [0.25, 0.3) is 5.12 Å². The Labute approximate surface area is 128 Å². The molecule has 0 aliphatic carbocycles. The smallest absolute Gasteiger partial charge is 0.319 e. The molecule has 0 spiro atoms. The van der Waals surface area contributed by atoms with E-state index in [0.29, 0.717) is 12.3 Å². The quantitative estimate of drug-likeness (QED) is 0.624. The molecule has 21 heavy (non-hydrogen) atoms. The average Bonchev–Trinajstić information content (AvgIpc) is 2.72. The average molecular weight is 338 g/mol. The van der Waals surface area contributed by atoms with Crippen molar-refractivity contribution in [3.63, 3.8) is 0 Å². The fourth-order valence-electron chi connectivity index (χ4n) is 2.00. The minimum Gasteiger partial charge on any atom is -0.319 e. The van der Waals surface area contributed by atoms with Crippen molar-refractivity contribution in [3.05, 3.63) is 35.4 Å². The SMILES string of the molecule is O=C1SC(c2cccc(C(F)(F)F)c2)N(CCCCl)C1=O. The Balaban J connectivity index is 2.31. The third-order valence-corrected chi connectivity index (χ3v) is 4.37. The van der Waals surface area contributed by atoms with Gasteiger partial charge in [-0.2, -0.15) is 13.2 Å². The Morgan fingerprint density at radius 2 is 2.00 bits per heavy atom. The van der Waals surface area contributed by atoms with E-state index in [1.807, 2.05) is 0 Å². The number of amides is 1. The van der Waals surface area contributed by atoms with E-state index in [9.17, 15) is 22.8 Å². The van der Waals surface area contributed by atoms with Gasteiger partial charge in [0, 0.05) is 12.4 Å². The fourth-order valence-corrected chi connectivity index (χ4v) is 3.16. The molecule has 1 fully saturated rings. The summed E-state index contributed by atoms with van der Waals surface area (Å²) in [6.45, 7) is 0.238. The maximum Gasteiger partial charge on any atom is 0.416 e. The summed E-state index contributed by atoms with van der Waals surface area (Å²) in [4.78, 5) is 24.6. The first-order chi connectivity index (χ1) is 9.84. The highest BCUT2D eigenvalue weighted by molar-refractivity contribution is 8.16. The third kappa shape index (κ3) is 3.52. The molecule has 0 radical (unpaired) electrons. The first-order valence-electron chi connectivity index (χ1n) is 6.09. The van der Waals surface area contributed by atoms with Crippen molar-refractivity contribution in [3.8, 4) is 0 Å². The Hall–Kier alpha value is -1.21. The van der Waals surface area contributed by atoms with Crippen LogP contribution in [0.25, 0.3) is 0 Å². The molecule has 0 bridgehead atoms. The van der Waals surface area contributed by atoms with Crippen LogP contribution in [0.5, 0.6) is 0 Å². The Bertz CT molecular complexity index is 565. The minimum absolute atomic E-state index is 0.238. The molecule has 1 atom stereocenters. The van der Waals surface area contributed by atoms with Gasteiger partial charge in [-0.1, -0.05) is 12.1 Å². The van der Waals surface area contributed by atoms with Crippen molar-refractivity contribution in [1.29, 1.82) is 0 Å². The summed E-state index contributed by atoms with van der Waals surface area (Å²) < 4.78 is 38.2. The topological polar surface area (TPSA) is 37.4 Å². The van der Waals surface area contributed by atoms with Gasteiger partial charge in [-0.05, 0) is 35.9 Å². The van der Waals surface area contributed by atoms with Crippen molar-refractivity contribution in [2.75, 3.05) is 12.4 Å². The molecule has 1 aliphatic rings. The van der Waals surface area contributed by atoms with Crippen molar-refractivity contribution < 1.29 is 22.8 Å². The first-order valence-corrected chi connectivity index (χ1v) is 7.50. The van der Waals surface area contributed by atoms with Crippen LogP contribution in [0.3, 0.4) is 0 Å². The maximum atomic E-state index is 12.7. The molecule has 1 unspecified atom stereocenters. The normalized spacial score (nSPS) is 19.4. The van der Waals surface area contributed by atoms with E-state index in [1.165, 1.54) is 17.0 Å². The second kappa shape index (κ2) is 6.27. The van der Waals surface area contributed by atoms with Crippen molar-refractivity contribution in [2.24, 2.45) is 0 Å². The molecule has 1 aliphatic heterocycles. The van der Waals surface area contributed by atoms with Crippen LogP contribution in [0.15, 0.2) is 24.3 Å². The molecule has 0 saturated carbocycles. The van der Waals surface area contributed by atoms with Crippen LogP contribution in [0, 0.1) is 0 Å². The number of carbonyl (C=O) groups excluding carboxylic acids is 2. The van der Waals surface area contributed by atoms with Gasteiger partial charge in [0.1, 0.15) is 5.37 Å². The zero-order valence-corrected chi connectivity index (χ0v) is 12.3. The molecule has 0 aromatic heterocycles. The number of halogens is 4. The highest BCUT2D eigenvalue weighted by Crippen LogP contribution is 2.41. The molecule has 1 aromatic carbocycles. The number of thioether (sulfide) groups is 1. The van der Waals surface area contributed by atoms with Gasteiger partial charge in [0.15, 0.2) is 0 Å². The van der Waals surface area contributed by atoms with E-state index in [2.05, 4.69) is 0 Å². The van der Waals surface area contributed by atoms with Crippen molar-refractivity contribution in [1.82, 2.24) is 4.90 Å². The lowest BCUT2D eigenvalue weighted by molar-refractivity contribution is -0.139. The molecule has 1 amide bonds. The van der Waals surface area contributed by atoms with Crippen LogP contribution in [0.4, 0.5) is 13.2 Å². The standard InChI is InChI=1S/C13H11ClF3NO2S/c14-5-2-6-18-10(19)12(20)21-11(18)8-3-1-4-9(7-8)13(15,16)17/h1,3-4,7,11H,2,5-6H2. The fraction of sp³-hybridized carbons (Fsp3) is 0.385. The van der Waals surface area contributed by atoms with Crippen LogP contribution in [0.1, 0.15) is 22.9 Å². The number of benzene rings is 1. The van der Waals surface area contributed by atoms with E-state index >= 15 is 0 Å². The summed E-state index contributed by atoms with van der Waals surface area (Å²) >= 11 is 6.30. The molecule has 8 heteroatoms. The van der Waals surface area contributed by atoms with E-state index in [4.69, 9.17) is 11.6 Å². The van der Waals surface area contributed by atoms with E-state index in [0.717, 1.165) is 23.9 Å². The molecular weight excluding hydrogens is 327 g/mol. The highest BCUT2D eigenvalue weighted by Gasteiger charge is 2.40. The Morgan fingerprint density at radius 3 is 2.62 bits per heavy atom. The second-order valence-electron chi connectivity index (χ2n) is 4.42. The Morgan fingerprint density at radius 1 is 1.29 bits per heavy atom. The molecule has 114 valence electrons. The monoisotopic (exact) mass is 337 g/mol. The van der Waals surface area contributed by atoms with Gasteiger partial charge in [-0.3, -0.25) is 9.59 Å². The summed E-state index contributed by atoms with van der Waals surface area (Å²) in [6, 6.07) is 4.67. The first kappa shape index (κ1) is 16.2. The van der Waals surface area contributed by atoms with Crippen molar-refractivity contribution in [2.45, 2.75) is 18.0 Å². The number of alkyl halides is 4. The lowest BCUT2D eigenvalue weighted by Gasteiger charge is -2.23. The zero-order valence-electron chi connectivity index (χ0n) is 10.7. The molecule has 1 heterocycles. The van der Waals surface area contributed by atoms with Crippen molar-refractivity contribution >= 4 is 34.4 Å². The number of hydrogen-bond donors (Lipinski definition) is 0. The van der Waals surface area contributed by atoms with Gasteiger partial charge < -0.3 is 4.90 Å². The predicted octanol–water partition coefficient (Wildman–Crippen LogP) is 3.43. The summed E-state index contributed by atoms with van der Waals surface area (Å²) in [5.74, 6) is -0.384. The third-order valence-electron chi connectivity index (χ3n) is 2.97. The van der Waals surface area contributed by atoms with E-state index in [-0.39, 0.29) is 12.1 Å². The number of hydrogen-bond acceptors (Lipinski definition) is 3. The van der Waals surface area contributed by atoms with Crippen LogP contribution in [0.2, 0.25) is 0 Å². The predicted molar refractivity (Wildman–Crippen MR) is 73.8 cm³/mol. The lowest BCUT2D eigenvalue weighted by Crippen LogP contribution is -2.30. The summed E-state index contributed by atoms with van der Waals surface area (Å²) in [7, 11) is 0. The highest BCUT2D eigenvalue weighted by atomic mass is 35.5.